The molecule has 0 fully saturated rings. The molecule has 0 aliphatic rings. The molecule has 0 aliphatic carbocycles. The van der Waals surface area contributed by atoms with Crippen LogP contribution in [0, 0.1) is 0 Å². The molecular formula is C10H9N2P. The van der Waals surface area contributed by atoms with Crippen LogP contribution in [0.3, 0.4) is 0 Å². The lowest BCUT2D eigenvalue weighted by Crippen LogP contribution is -2.03. The Morgan fingerprint density at radius 2 is 1.38 bits per heavy atom. The van der Waals surface area contributed by atoms with Crippen molar-refractivity contribution >= 4 is 19.2 Å². The summed E-state index contributed by atoms with van der Waals surface area (Å²) in [5.74, 6) is 0. The number of hydrogen-bond acceptors (Lipinski definition) is 2. The van der Waals surface area contributed by atoms with E-state index in [1.807, 2.05) is 24.5 Å². The Labute approximate surface area is 78.8 Å². The van der Waals surface area contributed by atoms with Gasteiger partial charge in [0.1, 0.15) is 0 Å². The van der Waals surface area contributed by atoms with Gasteiger partial charge >= 0.3 is 0 Å². The lowest BCUT2D eigenvalue weighted by atomic mass is 10.5. The number of nitrogens with zero attached hydrogens (tertiary/aromatic N) is 2. The van der Waals surface area contributed by atoms with Gasteiger partial charge in [0.15, 0.2) is 0 Å². The minimum Gasteiger partial charge on any atom is -0.264 e. The molecule has 0 aromatic carbocycles. The van der Waals surface area contributed by atoms with Gasteiger partial charge in [-0.15, -0.1) is 0 Å². The first-order valence-corrected chi connectivity index (χ1v) is 5.02. The van der Waals surface area contributed by atoms with E-state index in [4.69, 9.17) is 0 Å². The zero-order chi connectivity index (χ0) is 8.93. The highest BCUT2D eigenvalue weighted by atomic mass is 31.1. The fourth-order valence-electron chi connectivity index (χ4n) is 1.04. The van der Waals surface area contributed by atoms with E-state index in [1.165, 1.54) is 10.6 Å². The molecule has 0 atom stereocenters. The van der Waals surface area contributed by atoms with Crippen LogP contribution >= 0.6 is 8.58 Å². The van der Waals surface area contributed by atoms with Crippen molar-refractivity contribution < 1.29 is 0 Å². The summed E-state index contributed by atoms with van der Waals surface area (Å²) in [5.41, 5.74) is 0. The summed E-state index contributed by atoms with van der Waals surface area (Å²) < 4.78 is 0. The van der Waals surface area contributed by atoms with E-state index in [0.717, 1.165) is 0 Å². The third-order valence-electron chi connectivity index (χ3n) is 1.61. The van der Waals surface area contributed by atoms with Crippen LogP contribution < -0.4 is 10.6 Å². The highest BCUT2D eigenvalue weighted by Gasteiger charge is 1.93. The molecular weight excluding hydrogens is 179 g/mol. The minimum absolute atomic E-state index is 0.652. The Balaban J connectivity index is 2.16. The first-order valence-electron chi connectivity index (χ1n) is 4.02. The predicted molar refractivity (Wildman–Crippen MR) is 56.1 cm³/mol. The molecule has 0 amide bonds. The molecule has 0 radical (unpaired) electrons. The van der Waals surface area contributed by atoms with Gasteiger partial charge in [-0.25, -0.2) is 0 Å². The van der Waals surface area contributed by atoms with Gasteiger partial charge in [-0.2, -0.15) is 0 Å². The van der Waals surface area contributed by atoms with Gasteiger partial charge in [-0.1, -0.05) is 20.7 Å². The van der Waals surface area contributed by atoms with Crippen molar-refractivity contribution in [3.8, 4) is 0 Å². The normalized spacial score (nSPS) is 9.85. The van der Waals surface area contributed by atoms with Gasteiger partial charge in [-0.3, -0.25) is 9.97 Å². The average molecular weight is 188 g/mol. The molecule has 2 aromatic heterocycles. The van der Waals surface area contributed by atoms with Crippen molar-refractivity contribution in [2.45, 2.75) is 0 Å². The van der Waals surface area contributed by atoms with Crippen LogP contribution in [0.4, 0.5) is 0 Å². The Kier molecular flexibility index (Phi) is 2.63. The maximum Gasteiger partial charge on any atom is 0.0345 e. The van der Waals surface area contributed by atoms with Gasteiger partial charge in [0, 0.05) is 24.8 Å². The smallest absolute Gasteiger partial charge is 0.0345 e. The first kappa shape index (κ1) is 8.33. The summed E-state index contributed by atoms with van der Waals surface area (Å²) in [5, 5.41) is 2.49. The molecule has 2 aromatic rings. The summed E-state index contributed by atoms with van der Waals surface area (Å²) in [4.78, 5) is 8.13. The molecule has 0 aliphatic heterocycles. The lowest BCUT2D eigenvalue weighted by Gasteiger charge is -1.99. The van der Waals surface area contributed by atoms with Crippen molar-refractivity contribution in [2.24, 2.45) is 0 Å². The van der Waals surface area contributed by atoms with Crippen molar-refractivity contribution in [2.75, 3.05) is 0 Å². The summed E-state index contributed by atoms with van der Waals surface area (Å²) >= 11 is 0. The molecule has 0 spiro atoms. The molecule has 0 bridgehead atoms. The first-order chi connectivity index (χ1) is 6.45. The molecule has 2 heterocycles. The van der Waals surface area contributed by atoms with Crippen LogP contribution in [0.1, 0.15) is 0 Å². The second-order valence-electron chi connectivity index (χ2n) is 2.61. The third kappa shape index (κ3) is 2.33. The van der Waals surface area contributed by atoms with Crippen LogP contribution in [0.25, 0.3) is 0 Å². The highest BCUT2D eigenvalue weighted by molar-refractivity contribution is 7.55. The molecule has 0 N–H and O–H groups in total. The Morgan fingerprint density at radius 3 is 1.77 bits per heavy atom. The van der Waals surface area contributed by atoms with Gasteiger partial charge in [-0.05, 0) is 22.7 Å². The highest BCUT2D eigenvalue weighted by Crippen LogP contribution is 2.07. The van der Waals surface area contributed by atoms with Crippen LogP contribution in [0.5, 0.6) is 0 Å². The zero-order valence-corrected chi connectivity index (χ0v) is 8.01. The topological polar surface area (TPSA) is 25.8 Å². The molecule has 13 heavy (non-hydrogen) atoms. The Morgan fingerprint density at radius 1 is 0.846 bits per heavy atom. The van der Waals surface area contributed by atoms with Crippen LogP contribution in [-0.2, 0) is 0 Å². The zero-order valence-electron chi connectivity index (χ0n) is 7.01. The largest absolute Gasteiger partial charge is 0.264 e. The maximum atomic E-state index is 4.07. The number of aromatic nitrogens is 2. The van der Waals surface area contributed by atoms with E-state index in [1.54, 1.807) is 12.4 Å². The molecule has 64 valence electrons. The number of rotatable bonds is 2. The van der Waals surface area contributed by atoms with E-state index < -0.39 is 0 Å². The fraction of sp³-hybridized carbons (Fsp3) is 0. The molecule has 2 nitrogen and oxygen atoms in total. The summed E-state index contributed by atoms with van der Waals surface area (Å²) in [6.45, 7) is 0. The maximum absolute atomic E-state index is 4.07. The SMILES string of the molecule is c1cncc(Pc2cccnc2)c1. The van der Waals surface area contributed by atoms with Crippen LogP contribution in [0.2, 0.25) is 0 Å². The Hall–Kier alpha value is -1.27. The summed E-state index contributed by atoms with van der Waals surface area (Å²) in [7, 11) is 0.652. The lowest BCUT2D eigenvalue weighted by molar-refractivity contribution is 1.35. The van der Waals surface area contributed by atoms with Crippen molar-refractivity contribution in [3.05, 3.63) is 49.1 Å². The van der Waals surface area contributed by atoms with E-state index in [0.29, 0.717) is 8.58 Å². The van der Waals surface area contributed by atoms with Crippen LogP contribution in [-0.4, -0.2) is 9.97 Å². The van der Waals surface area contributed by atoms with Crippen molar-refractivity contribution in [3.63, 3.8) is 0 Å². The molecule has 0 saturated heterocycles. The molecule has 0 unspecified atom stereocenters. The predicted octanol–water partition coefficient (Wildman–Crippen LogP) is 1.11. The van der Waals surface area contributed by atoms with Crippen molar-refractivity contribution in [1.29, 1.82) is 0 Å². The summed E-state index contributed by atoms with van der Waals surface area (Å²) in [6, 6.07) is 8.08. The van der Waals surface area contributed by atoms with Crippen molar-refractivity contribution in [1.82, 2.24) is 9.97 Å². The van der Waals surface area contributed by atoms with Gasteiger partial charge in [0.2, 0.25) is 0 Å². The second kappa shape index (κ2) is 4.11. The third-order valence-corrected chi connectivity index (χ3v) is 2.78. The molecule has 0 saturated carbocycles. The van der Waals surface area contributed by atoms with E-state index in [-0.39, 0.29) is 0 Å². The van der Waals surface area contributed by atoms with E-state index >= 15 is 0 Å². The molecule has 3 heteroatoms. The quantitative estimate of drug-likeness (QED) is 0.659. The fourth-order valence-corrected chi connectivity index (χ4v) is 2.01. The Bertz CT molecular complexity index is 324. The van der Waals surface area contributed by atoms with Gasteiger partial charge in [0.05, 0.1) is 0 Å². The van der Waals surface area contributed by atoms with Gasteiger partial charge < -0.3 is 0 Å². The van der Waals surface area contributed by atoms with E-state index in [2.05, 4.69) is 22.1 Å². The van der Waals surface area contributed by atoms with Crippen LogP contribution in [0.15, 0.2) is 49.1 Å². The number of pyridine rings is 2. The van der Waals surface area contributed by atoms with Gasteiger partial charge in [0.25, 0.3) is 0 Å². The second-order valence-corrected chi connectivity index (χ2v) is 4.01. The standard InChI is InChI=1S/C10H9N2P/c1-3-9(7-11-5-1)13-10-4-2-6-12-8-10/h1-8,13H. The van der Waals surface area contributed by atoms with E-state index in [9.17, 15) is 0 Å². The minimum atomic E-state index is 0.652. The average Bonchev–Trinajstić information content (AvgIpc) is 2.21. The summed E-state index contributed by atoms with van der Waals surface area (Å²) in [6.07, 6.45) is 7.37. The molecule has 2 rings (SSSR count). The number of hydrogen-bond donors (Lipinski definition) is 0. The monoisotopic (exact) mass is 188 g/mol.